The van der Waals surface area contributed by atoms with Crippen LogP contribution in [0.5, 0.6) is 0 Å². The Labute approximate surface area is 204 Å². The van der Waals surface area contributed by atoms with Crippen LogP contribution in [0.1, 0.15) is 27.8 Å². The molecule has 0 saturated heterocycles. The Morgan fingerprint density at radius 3 is 1.21 bits per heavy atom. The van der Waals surface area contributed by atoms with Crippen molar-refractivity contribution in [1.29, 1.82) is 0 Å². The minimum atomic E-state index is 1.11. The van der Waals surface area contributed by atoms with Gasteiger partial charge in [-0.3, -0.25) is 0 Å². The number of nitrogens with zero attached hydrogens (tertiary/aromatic N) is 2. The smallest absolute Gasteiger partial charge is 0.0361 e. The first-order valence-electron chi connectivity index (χ1n) is 11.6. The minimum absolute atomic E-state index is 1.11. The van der Waals surface area contributed by atoms with Crippen molar-refractivity contribution in [2.75, 3.05) is 38.0 Å². The Hall–Kier alpha value is -4.04. The summed E-state index contributed by atoms with van der Waals surface area (Å²) in [6.45, 7) is 3.92. The van der Waals surface area contributed by atoms with Gasteiger partial charge in [-0.25, -0.2) is 0 Å². The van der Waals surface area contributed by atoms with Crippen molar-refractivity contribution < 1.29 is 0 Å². The molecule has 0 heterocycles. The normalized spacial score (nSPS) is 10.5. The maximum Gasteiger partial charge on any atom is 0.0361 e. The van der Waals surface area contributed by atoms with Crippen LogP contribution in [0.4, 0.5) is 11.4 Å². The highest BCUT2D eigenvalue weighted by molar-refractivity contribution is 6.04. The Bertz CT molecular complexity index is 1210. The van der Waals surface area contributed by atoms with Crippen molar-refractivity contribution in [2.45, 2.75) is 0 Å². The molecule has 2 heteroatoms. The largest absolute Gasteiger partial charge is 0.378 e. The van der Waals surface area contributed by atoms with Crippen LogP contribution in [-0.2, 0) is 0 Å². The molecule has 0 fully saturated rings. The van der Waals surface area contributed by atoms with Crippen LogP contribution >= 0.6 is 0 Å². The molecule has 4 aromatic rings. The van der Waals surface area contributed by atoms with Gasteiger partial charge in [0.2, 0.25) is 0 Å². The SMILES string of the molecule is C=Cc1ccc(C(=C(c2ccc(N(C)C)cc2)c2ccc(N(C)C)cc2)c2ccccc2)cc1. The third kappa shape index (κ3) is 4.97. The van der Waals surface area contributed by atoms with Gasteiger partial charge >= 0.3 is 0 Å². The molecule has 0 aliphatic rings. The molecule has 0 aliphatic heterocycles. The third-order valence-corrected chi connectivity index (χ3v) is 6.09. The summed E-state index contributed by atoms with van der Waals surface area (Å²) in [6.07, 6.45) is 1.89. The van der Waals surface area contributed by atoms with E-state index in [0.29, 0.717) is 0 Å². The molecule has 34 heavy (non-hydrogen) atoms. The van der Waals surface area contributed by atoms with Crippen molar-refractivity contribution in [1.82, 2.24) is 0 Å². The molecule has 4 aromatic carbocycles. The summed E-state index contributed by atoms with van der Waals surface area (Å²) in [7, 11) is 8.29. The standard InChI is InChI=1S/C32H32N2/c1-6-24-12-14-26(15-13-24)31(25-10-8-7-9-11-25)32(27-16-20-29(21-17-27)33(2)3)28-18-22-30(23-19-28)34(4)5/h6-23H,1H2,2-5H3. The molecule has 0 radical (unpaired) electrons. The monoisotopic (exact) mass is 444 g/mol. The highest BCUT2D eigenvalue weighted by Crippen LogP contribution is 2.38. The van der Waals surface area contributed by atoms with Crippen LogP contribution in [-0.4, -0.2) is 28.2 Å². The molecule has 0 unspecified atom stereocenters. The summed E-state index contributed by atoms with van der Waals surface area (Å²) in [6, 6.07) is 37.0. The first-order chi connectivity index (χ1) is 16.5. The van der Waals surface area contributed by atoms with E-state index in [2.05, 4.69) is 148 Å². The topological polar surface area (TPSA) is 6.48 Å². The quantitative estimate of drug-likeness (QED) is 0.273. The van der Waals surface area contributed by atoms with Gasteiger partial charge < -0.3 is 9.80 Å². The lowest BCUT2D eigenvalue weighted by atomic mass is 9.85. The first-order valence-corrected chi connectivity index (χ1v) is 11.6. The molecule has 0 amide bonds. The third-order valence-electron chi connectivity index (χ3n) is 6.09. The second-order valence-corrected chi connectivity index (χ2v) is 8.82. The number of hydrogen-bond donors (Lipinski definition) is 0. The minimum Gasteiger partial charge on any atom is -0.378 e. The Kier molecular flexibility index (Phi) is 6.98. The average molecular weight is 445 g/mol. The van der Waals surface area contributed by atoms with Crippen molar-refractivity contribution in [3.63, 3.8) is 0 Å². The zero-order valence-electron chi connectivity index (χ0n) is 20.5. The maximum absolute atomic E-state index is 3.92. The van der Waals surface area contributed by atoms with Gasteiger partial charge in [0, 0.05) is 39.6 Å². The molecule has 2 nitrogen and oxygen atoms in total. The van der Waals surface area contributed by atoms with Crippen LogP contribution < -0.4 is 9.80 Å². The molecule has 4 rings (SSSR count). The van der Waals surface area contributed by atoms with E-state index in [1.807, 2.05) is 6.08 Å². The molecule has 0 aliphatic carbocycles. The van der Waals surface area contributed by atoms with E-state index in [1.54, 1.807) is 0 Å². The van der Waals surface area contributed by atoms with E-state index in [1.165, 1.54) is 44.8 Å². The Morgan fingerprint density at radius 1 is 0.500 bits per heavy atom. The van der Waals surface area contributed by atoms with E-state index in [4.69, 9.17) is 0 Å². The predicted octanol–water partition coefficient (Wildman–Crippen LogP) is 7.47. The Balaban J connectivity index is 2.02. The van der Waals surface area contributed by atoms with Crippen LogP contribution in [0.2, 0.25) is 0 Å². The zero-order valence-corrected chi connectivity index (χ0v) is 20.5. The number of benzene rings is 4. The fourth-order valence-electron chi connectivity index (χ4n) is 4.15. The molecular formula is C32H32N2. The lowest BCUT2D eigenvalue weighted by Gasteiger charge is -2.20. The van der Waals surface area contributed by atoms with Crippen LogP contribution in [0.25, 0.3) is 17.2 Å². The number of hydrogen-bond acceptors (Lipinski definition) is 2. The second-order valence-electron chi connectivity index (χ2n) is 8.82. The highest BCUT2D eigenvalue weighted by atomic mass is 15.1. The predicted molar refractivity (Wildman–Crippen MR) is 150 cm³/mol. The van der Waals surface area contributed by atoms with Crippen molar-refractivity contribution in [3.05, 3.63) is 138 Å². The van der Waals surface area contributed by atoms with E-state index >= 15 is 0 Å². The van der Waals surface area contributed by atoms with Gasteiger partial charge in [0.15, 0.2) is 0 Å². The molecular weight excluding hydrogens is 412 g/mol. The summed E-state index contributed by atoms with van der Waals surface area (Å²) in [5.41, 5.74) is 10.7. The molecule has 0 spiro atoms. The van der Waals surface area contributed by atoms with Crippen molar-refractivity contribution in [3.8, 4) is 0 Å². The van der Waals surface area contributed by atoms with E-state index in [0.717, 1.165) is 5.56 Å². The zero-order chi connectivity index (χ0) is 24.1. The second kappa shape index (κ2) is 10.3. The summed E-state index contributed by atoms with van der Waals surface area (Å²) >= 11 is 0. The van der Waals surface area contributed by atoms with Crippen molar-refractivity contribution >= 4 is 28.6 Å². The lowest BCUT2D eigenvalue weighted by molar-refractivity contribution is 1.13. The number of anilines is 2. The van der Waals surface area contributed by atoms with Gasteiger partial charge in [0.25, 0.3) is 0 Å². The fourth-order valence-corrected chi connectivity index (χ4v) is 4.15. The van der Waals surface area contributed by atoms with Gasteiger partial charge in [0.1, 0.15) is 0 Å². The van der Waals surface area contributed by atoms with Gasteiger partial charge in [0.05, 0.1) is 0 Å². The van der Waals surface area contributed by atoms with Gasteiger partial charge in [-0.15, -0.1) is 0 Å². The average Bonchev–Trinajstić information content (AvgIpc) is 2.88. The summed E-state index contributed by atoms with van der Waals surface area (Å²) in [5, 5.41) is 0. The molecule has 0 atom stereocenters. The van der Waals surface area contributed by atoms with Crippen LogP contribution in [0, 0.1) is 0 Å². The molecule has 0 N–H and O–H groups in total. The summed E-state index contributed by atoms with van der Waals surface area (Å²) in [4.78, 5) is 4.26. The summed E-state index contributed by atoms with van der Waals surface area (Å²) < 4.78 is 0. The summed E-state index contributed by atoms with van der Waals surface area (Å²) in [5.74, 6) is 0. The maximum atomic E-state index is 3.92. The molecule has 0 saturated carbocycles. The van der Waals surface area contributed by atoms with E-state index in [-0.39, 0.29) is 0 Å². The van der Waals surface area contributed by atoms with Gasteiger partial charge in [-0.2, -0.15) is 0 Å². The van der Waals surface area contributed by atoms with Crippen LogP contribution in [0.15, 0.2) is 110 Å². The Morgan fingerprint density at radius 2 is 0.853 bits per heavy atom. The first kappa shape index (κ1) is 23.1. The van der Waals surface area contributed by atoms with Crippen LogP contribution in [0.3, 0.4) is 0 Å². The molecule has 0 aromatic heterocycles. The van der Waals surface area contributed by atoms with E-state index < -0.39 is 0 Å². The fraction of sp³-hybridized carbons (Fsp3) is 0.125. The number of rotatable bonds is 7. The molecule has 170 valence electrons. The van der Waals surface area contributed by atoms with E-state index in [9.17, 15) is 0 Å². The molecule has 0 bridgehead atoms. The van der Waals surface area contributed by atoms with Gasteiger partial charge in [-0.05, 0) is 63.2 Å². The van der Waals surface area contributed by atoms with Gasteiger partial charge in [-0.1, -0.05) is 91.5 Å². The highest BCUT2D eigenvalue weighted by Gasteiger charge is 2.16. The van der Waals surface area contributed by atoms with Crippen molar-refractivity contribution in [2.24, 2.45) is 0 Å². The lowest BCUT2D eigenvalue weighted by Crippen LogP contribution is -2.09.